The molecular weight excluding hydrogens is 757 g/mol. The summed E-state index contributed by atoms with van der Waals surface area (Å²) in [7, 11) is 0. The molecule has 0 saturated heterocycles. The Kier molecular flexibility index (Phi) is 8.42. The standard InChI is InChI=1S/C57H36N4O/c1-4-15-37(16-5-1)39-27-31-41(32-28-39)44-23-14-24-46-49-35-48-45-21-10-12-25-50(45)61(52(48)36-53(49)62-54(44)46)51-26-13-11-22-47(51)57-59-55(42-19-8-3-9-20-42)58-56(60-57)43-33-29-40(30-34-43)38-17-6-2-7-18-38/h1-36H. The molecule has 0 bridgehead atoms. The van der Waals surface area contributed by atoms with Gasteiger partial charge in [0.25, 0.3) is 0 Å². The Balaban J connectivity index is 1.02. The fraction of sp³-hybridized carbons (Fsp3) is 0. The maximum atomic E-state index is 6.88. The Bertz CT molecular complexity index is 3590. The number of fused-ring (bicyclic) bond motifs is 6. The summed E-state index contributed by atoms with van der Waals surface area (Å²) in [5.41, 5.74) is 14.4. The lowest BCUT2D eigenvalue weighted by Gasteiger charge is -2.14. The second-order valence-corrected chi connectivity index (χ2v) is 15.6. The van der Waals surface area contributed by atoms with Gasteiger partial charge in [0.2, 0.25) is 0 Å². The molecule has 0 atom stereocenters. The summed E-state index contributed by atoms with van der Waals surface area (Å²) in [6.45, 7) is 0. The molecule has 0 saturated carbocycles. The molecule has 12 aromatic rings. The van der Waals surface area contributed by atoms with Crippen LogP contribution in [-0.2, 0) is 0 Å². The molecule has 62 heavy (non-hydrogen) atoms. The van der Waals surface area contributed by atoms with Crippen LogP contribution in [0.25, 0.3) is 117 Å². The molecule has 0 spiro atoms. The second kappa shape index (κ2) is 14.7. The summed E-state index contributed by atoms with van der Waals surface area (Å²) in [6.07, 6.45) is 0. The van der Waals surface area contributed by atoms with Gasteiger partial charge in [-0.05, 0) is 52.1 Å². The topological polar surface area (TPSA) is 56.7 Å². The third-order valence-electron chi connectivity index (χ3n) is 11.9. The summed E-state index contributed by atoms with van der Waals surface area (Å²) >= 11 is 0. The minimum Gasteiger partial charge on any atom is -0.455 e. The molecule has 0 aliphatic carbocycles. The monoisotopic (exact) mass is 792 g/mol. The molecule has 0 amide bonds. The van der Waals surface area contributed by atoms with Gasteiger partial charge < -0.3 is 8.98 Å². The zero-order chi connectivity index (χ0) is 41.0. The Hall–Kier alpha value is -8.41. The Morgan fingerprint density at radius 3 is 1.47 bits per heavy atom. The Morgan fingerprint density at radius 2 is 0.790 bits per heavy atom. The minimum absolute atomic E-state index is 0.593. The largest absolute Gasteiger partial charge is 0.455 e. The molecule has 290 valence electrons. The molecule has 3 heterocycles. The molecule has 3 aromatic heterocycles. The SMILES string of the molecule is c1ccc(-c2ccc(-c3nc(-c4ccccc4)nc(-c4ccccc4-n4c5ccccc5c5cc6c(cc54)oc4c(-c5ccc(-c7ccccc7)cc5)cccc46)n3)cc2)cc1. The van der Waals surface area contributed by atoms with E-state index in [0.717, 1.165) is 88.4 Å². The van der Waals surface area contributed by atoms with E-state index in [1.54, 1.807) is 0 Å². The van der Waals surface area contributed by atoms with Crippen LogP contribution in [0.4, 0.5) is 0 Å². The normalized spacial score (nSPS) is 11.5. The van der Waals surface area contributed by atoms with Crippen LogP contribution in [-0.4, -0.2) is 19.5 Å². The number of rotatable bonds is 7. The van der Waals surface area contributed by atoms with Gasteiger partial charge in [-0.2, -0.15) is 0 Å². The first kappa shape index (κ1) is 35.5. The fourth-order valence-corrected chi connectivity index (χ4v) is 8.86. The summed E-state index contributed by atoms with van der Waals surface area (Å²) in [6, 6.07) is 76.2. The highest BCUT2D eigenvalue weighted by molar-refractivity contribution is 6.18. The van der Waals surface area contributed by atoms with Crippen molar-refractivity contribution >= 4 is 43.7 Å². The molecule has 9 aromatic carbocycles. The average Bonchev–Trinajstić information content (AvgIpc) is 3.89. The van der Waals surface area contributed by atoms with E-state index in [1.807, 2.05) is 42.5 Å². The van der Waals surface area contributed by atoms with Gasteiger partial charge in [-0.3, -0.25) is 0 Å². The summed E-state index contributed by atoms with van der Waals surface area (Å²) in [4.78, 5) is 15.5. The molecule has 0 aliphatic rings. The number of nitrogens with zero attached hydrogens (tertiary/aromatic N) is 4. The Morgan fingerprint density at radius 1 is 0.306 bits per heavy atom. The van der Waals surface area contributed by atoms with Crippen molar-refractivity contribution < 1.29 is 4.42 Å². The highest BCUT2D eigenvalue weighted by Crippen LogP contribution is 2.42. The quantitative estimate of drug-likeness (QED) is 0.161. The van der Waals surface area contributed by atoms with Gasteiger partial charge in [0.15, 0.2) is 17.5 Å². The fourth-order valence-electron chi connectivity index (χ4n) is 8.86. The summed E-state index contributed by atoms with van der Waals surface area (Å²) < 4.78 is 9.21. The molecule has 5 heteroatoms. The lowest BCUT2D eigenvalue weighted by molar-refractivity contribution is 0.670. The number of para-hydroxylation sites is 3. The first-order valence-electron chi connectivity index (χ1n) is 20.8. The lowest BCUT2D eigenvalue weighted by Crippen LogP contribution is -2.03. The van der Waals surface area contributed by atoms with E-state index in [4.69, 9.17) is 19.4 Å². The van der Waals surface area contributed by atoms with E-state index >= 15 is 0 Å². The van der Waals surface area contributed by atoms with Crippen molar-refractivity contribution in [1.29, 1.82) is 0 Å². The first-order chi connectivity index (χ1) is 30.7. The summed E-state index contributed by atoms with van der Waals surface area (Å²) in [5, 5.41) is 4.47. The van der Waals surface area contributed by atoms with Crippen LogP contribution in [0, 0.1) is 0 Å². The van der Waals surface area contributed by atoms with E-state index in [9.17, 15) is 0 Å². The number of benzene rings is 9. The van der Waals surface area contributed by atoms with Gasteiger partial charge >= 0.3 is 0 Å². The van der Waals surface area contributed by atoms with Crippen LogP contribution >= 0.6 is 0 Å². The second-order valence-electron chi connectivity index (χ2n) is 15.6. The predicted molar refractivity (Wildman–Crippen MR) is 254 cm³/mol. The van der Waals surface area contributed by atoms with E-state index in [2.05, 4.69) is 180 Å². The number of hydrogen-bond donors (Lipinski definition) is 0. The average molecular weight is 793 g/mol. The highest BCUT2D eigenvalue weighted by Gasteiger charge is 2.21. The number of furan rings is 1. The van der Waals surface area contributed by atoms with E-state index in [-0.39, 0.29) is 0 Å². The zero-order valence-electron chi connectivity index (χ0n) is 33.5. The highest BCUT2D eigenvalue weighted by atomic mass is 16.3. The van der Waals surface area contributed by atoms with Gasteiger partial charge in [-0.25, -0.2) is 15.0 Å². The lowest BCUT2D eigenvalue weighted by atomic mass is 9.98. The van der Waals surface area contributed by atoms with Crippen molar-refractivity contribution in [2.45, 2.75) is 0 Å². The first-order valence-corrected chi connectivity index (χ1v) is 20.8. The van der Waals surface area contributed by atoms with E-state index in [1.165, 1.54) is 11.1 Å². The van der Waals surface area contributed by atoms with Gasteiger partial charge in [-0.1, -0.05) is 188 Å². The van der Waals surface area contributed by atoms with Crippen molar-refractivity contribution in [1.82, 2.24) is 19.5 Å². The molecule has 0 unspecified atom stereocenters. The van der Waals surface area contributed by atoms with Crippen LogP contribution in [0.1, 0.15) is 0 Å². The minimum atomic E-state index is 0.593. The van der Waals surface area contributed by atoms with Gasteiger partial charge in [0, 0.05) is 49.9 Å². The Labute approximate surface area is 357 Å². The van der Waals surface area contributed by atoms with Gasteiger partial charge in [0.05, 0.1) is 16.7 Å². The number of aromatic nitrogens is 4. The smallest absolute Gasteiger partial charge is 0.166 e. The van der Waals surface area contributed by atoms with Crippen molar-refractivity contribution in [3.05, 3.63) is 218 Å². The molecule has 0 N–H and O–H groups in total. The number of hydrogen-bond acceptors (Lipinski definition) is 4. The van der Waals surface area contributed by atoms with E-state index < -0.39 is 0 Å². The van der Waals surface area contributed by atoms with Crippen molar-refractivity contribution in [3.8, 4) is 73.2 Å². The van der Waals surface area contributed by atoms with Crippen LogP contribution in [0.3, 0.4) is 0 Å². The molecule has 0 radical (unpaired) electrons. The van der Waals surface area contributed by atoms with Crippen molar-refractivity contribution in [2.75, 3.05) is 0 Å². The van der Waals surface area contributed by atoms with Crippen LogP contribution in [0.15, 0.2) is 223 Å². The molecule has 0 aliphatic heterocycles. The van der Waals surface area contributed by atoms with E-state index in [0.29, 0.717) is 17.5 Å². The van der Waals surface area contributed by atoms with Gasteiger partial charge in [-0.15, -0.1) is 0 Å². The van der Waals surface area contributed by atoms with Gasteiger partial charge in [0.1, 0.15) is 11.2 Å². The van der Waals surface area contributed by atoms with Crippen LogP contribution in [0.5, 0.6) is 0 Å². The van der Waals surface area contributed by atoms with Crippen LogP contribution < -0.4 is 0 Å². The predicted octanol–water partition coefficient (Wildman–Crippen LogP) is 14.9. The summed E-state index contributed by atoms with van der Waals surface area (Å²) in [5.74, 6) is 1.82. The molecule has 0 fully saturated rings. The van der Waals surface area contributed by atoms with Crippen LogP contribution in [0.2, 0.25) is 0 Å². The zero-order valence-corrected chi connectivity index (χ0v) is 33.5. The maximum Gasteiger partial charge on any atom is 0.166 e. The maximum absolute atomic E-state index is 6.88. The third-order valence-corrected chi connectivity index (χ3v) is 11.9. The molecule has 12 rings (SSSR count). The molecular formula is C57H36N4O. The molecule has 5 nitrogen and oxygen atoms in total. The van der Waals surface area contributed by atoms with Crippen molar-refractivity contribution in [3.63, 3.8) is 0 Å². The van der Waals surface area contributed by atoms with Crippen molar-refractivity contribution in [2.24, 2.45) is 0 Å². The third kappa shape index (κ3) is 6.06.